The van der Waals surface area contributed by atoms with Crippen molar-refractivity contribution in [3.8, 4) is 0 Å². The highest BCUT2D eigenvalue weighted by Crippen LogP contribution is 2.82. The van der Waals surface area contributed by atoms with Crippen LogP contribution in [-0.4, -0.2) is 0 Å². The first-order chi connectivity index (χ1) is 5.69. The van der Waals surface area contributed by atoms with Crippen molar-refractivity contribution in [2.75, 3.05) is 0 Å². The van der Waals surface area contributed by atoms with Crippen LogP contribution in [0.1, 0.15) is 48.5 Å². The summed E-state index contributed by atoms with van der Waals surface area (Å²) in [5.74, 6) is 2.82. The van der Waals surface area contributed by atoms with Gasteiger partial charge in [0.15, 0.2) is 0 Å². The van der Waals surface area contributed by atoms with Gasteiger partial charge in [-0.2, -0.15) is 0 Å². The Kier molecular flexibility index (Phi) is 1.46. The van der Waals surface area contributed by atoms with Crippen LogP contribution in [0.5, 0.6) is 0 Å². The van der Waals surface area contributed by atoms with Gasteiger partial charge in [0, 0.05) is 0 Å². The fourth-order valence-corrected chi connectivity index (χ4v) is 4.77. The highest BCUT2D eigenvalue weighted by molar-refractivity contribution is 5.25. The van der Waals surface area contributed by atoms with Gasteiger partial charge in [-0.05, 0) is 34.0 Å². The maximum absolute atomic E-state index is 2.51. The summed E-state index contributed by atoms with van der Waals surface area (Å²) in [6.45, 7) is 17.2. The SMILES string of the molecule is CC1C2C(C)C(C)(C)C2(C)C1(C)C. The van der Waals surface area contributed by atoms with Gasteiger partial charge < -0.3 is 0 Å². The smallest absolute Gasteiger partial charge is 0.0184 e. The van der Waals surface area contributed by atoms with Crippen LogP contribution in [0.3, 0.4) is 0 Å². The van der Waals surface area contributed by atoms with E-state index >= 15 is 0 Å². The van der Waals surface area contributed by atoms with Crippen LogP contribution in [0, 0.1) is 34.0 Å². The van der Waals surface area contributed by atoms with Crippen molar-refractivity contribution in [3.63, 3.8) is 0 Å². The van der Waals surface area contributed by atoms with Gasteiger partial charge >= 0.3 is 0 Å². The Morgan fingerprint density at radius 2 is 1.00 bits per heavy atom. The summed E-state index contributed by atoms with van der Waals surface area (Å²) >= 11 is 0. The van der Waals surface area contributed by atoms with E-state index in [0.29, 0.717) is 16.2 Å². The van der Waals surface area contributed by atoms with Crippen molar-refractivity contribution in [3.05, 3.63) is 0 Å². The first-order valence-electron chi connectivity index (χ1n) is 5.69. The molecule has 0 saturated heterocycles. The molecule has 2 saturated carbocycles. The molecule has 2 atom stereocenters. The monoisotopic (exact) mass is 180 g/mol. The van der Waals surface area contributed by atoms with E-state index < -0.39 is 0 Å². The van der Waals surface area contributed by atoms with Crippen LogP contribution in [0.15, 0.2) is 0 Å². The lowest BCUT2D eigenvalue weighted by Crippen LogP contribution is -2.78. The normalized spacial score (nSPS) is 56.1. The zero-order chi connectivity index (χ0) is 10.2. The molecule has 2 rings (SSSR count). The summed E-state index contributed by atoms with van der Waals surface area (Å²) in [7, 11) is 0. The predicted octanol–water partition coefficient (Wildman–Crippen LogP) is 3.96. The average Bonchev–Trinajstić information content (AvgIpc) is 2.03. The molecule has 0 heteroatoms. The molecule has 76 valence electrons. The molecule has 0 spiro atoms. The minimum absolute atomic E-state index is 0.549. The van der Waals surface area contributed by atoms with Crippen LogP contribution in [0.2, 0.25) is 0 Å². The third-order valence-electron chi connectivity index (χ3n) is 6.70. The first-order valence-corrected chi connectivity index (χ1v) is 5.69. The van der Waals surface area contributed by atoms with Gasteiger partial charge in [0.1, 0.15) is 0 Å². The quantitative estimate of drug-likeness (QED) is 0.529. The molecule has 0 N–H and O–H groups in total. The van der Waals surface area contributed by atoms with Crippen LogP contribution >= 0.6 is 0 Å². The third kappa shape index (κ3) is 0.620. The minimum Gasteiger partial charge on any atom is -0.0617 e. The van der Waals surface area contributed by atoms with Crippen molar-refractivity contribution in [1.82, 2.24) is 0 Å². The maximum atomic E-state index is 2.51. The largest absolute Gasteiger partial charge is 0.0617 e. The predicted molar refractivity (Wildman–Crippen MR) is 57.5 cm³/mol. The van der Waals surface area contributed by atoms with Gasteiger partial charge in [-0.1, -0.05) is 48.5 Å². The molecule has 0 aliphatic heterocycles. The molecule has 2 aliphatic carbocycles. The Balaban J connectivity index is 2.38. The summed E-state index contributed by atoms with van der Waals surface area (Å²) in [6, 6.07) is 0. The van der Waals surface area contributed by atoms with E-state index in [1.54, 1.807) is 0 Å². The number of hydrogen-bond donors (Lipinski definition) is 0. The van der Waals surface area contributed by atoms with E-state index in [9.17, 15) is 0 Å². The van der Waals surface area contributed by atoms with Gasteiger partial charge in [-0.3, -0.25) is 0 Å². The minimum atomic E-state index is 0.549. The first kappa shape index (κ1) is 9.55. The van der Waals surface area contributed by atoms with Crippen molar-refractivity contribution in [2.45, 2.75) is 48.5 Å². The second kappa shape index (κ2) is 1.99. The van der Waals surface area contributed by atoms with E-state index in [0.717, 1.165) is 17.8 Å². The molecular formula is C13H24. The Morgan fingerprint density at radius 3 is 1.23 bits per heavy atom. The van der Waals surface area contributed by atoms with Crippen LogP contribution in [0.4, 0.5) is 0 Å². The lowest BCUT2D eigenvalue weighted by Gasteiger charge is -2.83. The Hall–Kier alpha value is 0. The van der Waals surface area contributed by atoms with E-state index in [2.05, 4.69) is 48.5 Å². The summed E-state index contributed by atoms with van der Waals surface area (Å²) < 4.78 is 0. The van der Waals surface area contributed by atoms with Gasteiger partial charge in [0.2, 0.25) is 0 Å². The number of fused-ring (bicyclic) bond motifs is 1. The van der Waals surface area contributed by atoms with E-state index in [1.165, 1.54) is 0 Å². The molecule has 13 heavy (non-hydrogen) atoms. The van der Waals surface area contributed by atoms with Gasteiger partial charge in [-0.25, -0.2) is 0 Å². The summed E-state index contributed by atoms with van der Waals surface area (Å²) in [5.41, 5.74) is 1.69. The molecule has 0 aromatic carbocycles. The van der Waals surface area contributed by atoms with Gasteiger partial charge in [-0.15, -0.1) is 0 Å². The van der Waals surface area contributed by atoms with Gasteiger partial charge in [0.05, 0.1) is 0 Å². The Bertz CT molecular complexity index is 225. The van der Waals surface area contributed by atoms with Crippen LogP contribution in [0.25, 0.3) is 0 Å². The molecule has 0 bridgehead atoms. The van der Waals surface area contributed by atoms with Crippen molar-refractivity contribution in [2.24, 2.45) is 34.0 Å². The van der Waals surface area contributed by atoms with Crippen LogP contribution in [-0.2, 0) is 0 Å². The molecule has 2 aliphatic rings. The lowest BCUT2D eigenvalue weighted by molar-refractivity contribution is -0.355. The third-order valence-corrected chi connectivity index (χ3v) is 6.70. The van der Waals surface area contributed by atoms with Crippen LogP contribution < -0.4 is 0 Å². The molecular weight excluding hydrogens is 156 g/mol. The molecule has 0 nitrogen and oxygen atoms in total. The second-order valence-electron chi connectivity index (χ2n) is 6.75. The molecule has 0 aromatic rings. The highest BCUT2D eigenvalue weighted by Gasteiger charge is 2.77. The summed E-state index contributed by atoms with van der Waals surface area (Å²) in [4.78, 5) is 0. The standard InChI is InChI=1S/C13H24/c1-8-10-9(2)12(5,6)13(10,7)11(8,3)4/h8-10H,1-7H3. The average molecular weight is 180 g/mol. The molecule has 0 radical (unpaired) electrons. The highest BCUT2D eigenvalue weighted by atomic mass is 14.8. The fraction of sp³-hybridized carbons (Fsp3) is 1.00. The maximum Gasteiger partial charge on any atom is -0.0184 e. The summed E-state index contributed by atoms with van der Waals surface area (Å²) in [5, 5.41) is 0. The van der Waals surface area contributed by atoms with Crippen molar-refractivity contribution < 1.29 is 0 Å². The molecule has 2 unspecified atom stereocenters. The van der Waals surface area contributed by atoms with E-state index in [1.807, 2.05) is 0 Å². The topological polar surface area (TPSA) is 0 Å². The van der Waals surface area contributed by atoms with Crippen molar-refractivity contribution >= 4 is 0 Å². The number of rotatable bonds is 0. The molecule has 2 fully saturated rings. The second-order valence-corrected chi connectivity index (χ2v) is 6.75. The molecule has 0 amide bonds. The number of hydrogen-bond acceptors (Lipinski definition) is 0. The zero-order valence-corrected chi connectivity index (χ0v) is 10.2. The Labute approximate surface area is 83.1 Å². The van der Waals surface area contributed by atoms with E-state index in [4.69, 9.17) is 0 Å². The molecule has 0 aromatic heterocycles. The Morgan fingerprint density at radius 1 is 0.692 bits per heavy atom. The molecule has 0 heterocycles. The van der Waals surface area contributed by atoms with Gasteiger partial charge in [0.25, 0.3) is 0 Å². The van der Waals surface area contributed by atoms with Crippen molar-refractivity contribution in [1.29, 1.82) is 0 Å². The lowest BCUT2D eigenvalue weighted by atomic mass is 9.21. The van der Waals surface area contributed by atoms with E-state index in [-0.39, 0.29) is 0 Å². The fourth-order valence-electron chi connectivity index (χ4n) is 4.77. The zero-order valence-electron chi connectivity index (χ0n) is 10.2. The summed E-state index contributed by atoms with van der Waals surface area (Å²) in [6.07, 6.45) is 0.